The van der Waals surface area contributed by atoms with Gasteiger partial charge < -0.3 is 14.8 Å². The highest BCUT2D eigenvalue weighted by Gasteiger charge is 2.07. The molecule has 2 rings (SSSR count). The summed E-state index contributed by atoms with van der Waals surface area (Å²) in [5.41, 5.74) is 4.16. The van der Waals surface area contributed by atoms with Crippen LogP contribution in [0.15, 0.2) is 47.6 Å². The first-order chi connectivity index (χ1) is 13.0. The average molecular weight is 369 g/mol. The van der Waals surface area contributed by atoms with Gasteiger partial charge in [0.25, 0.3) is 5.91 Å². The number of carbonyl (C=O) groups excluding carboxylic acids is 2. The summed E-state index contributed by atoms with van der Waals surface area (Å²) >= 11 is 0. The van der Waals surface area contributed by atoms with Crippen LogP contribution in [0.1, 0.15) is 36.7 Å². The molecule has 2 aromatic carbocycles. The summed E-state index contributed by atoms with van der Waals surface area (Å²) in [6, 6.07) is 12.0. The molecule has 0 saturated carbocycles. The largest absolute Gasteiger partial charge is 0.490 e. The van der Waals surface area contributed by atoms with Crippen LogP contribution in [-0.4, -0.2) is 31.2 Å². The van der Waals surface area contributed by atoms with Gasteiger partial charge in [-0.3, -0.25) is 9.59 Å². The minimum Gasteiger partial charge on any atom is -0.490 e. The first kappa shape index (κ1) is 20.0. The summed E-state index contributed by atoms with van der Waals surface area (Å²) in [5, 5.41) is 6.61. The van der Waals surface area contributed by atoms with Crippen LogP contribution < -0.4 is 20.2 Å². The Hall–Kier alpha value is -3.35. The van der Waals surface area contributed by atoms with Gasteiger partial charge in [-0.15, -0.1) is 0 Å². The van der Waals surface area contributed by atoms with E-state index in [1.54, 1.807) is 36.4 Å². The van der Waals surface area contributed by atoms with Crippen molar-refractivity contribution in [3.63, 3.8) is 0 Å². The predicted molar refractivity (Wildman–Crippen MR) is 105 cm³/mol. The van der Waals surface area contributed by atoms with Crippen molar-refractivity contribution in [2.75, 3.05) is 18.5 Å². The van der Waals surface area contributed by atoms with Crippen molar-refractivity contribution in [2.24, 2.45) is 5.10 Å². The van der Waals surface area contributed by atoms with Crippen molar-refractivity contribution >= 4 is 23.7 Å². The first-order valence-electron chi connectivity index (χ1n) is 8.64. The average Bonchev–Trinajstić information content (AvgIpc) is 2.64. The van der Waals surface area contributed by atoms with Gasteiger partial charge in [0.15, 0.2) is 11.5 Å². The lowest BCUT2D eigenvalue weighted by Crippen LogP contribution is -2.18. The molecule has 0 aliphatic carbocycles. The standard InChI is InChI=1S/C20H23N3O4/c1-4-26-18-10-9-15(11-19(18)27-5-2)13-21-23-20(25)16-7-6-8-17(12-16)22-14(3)24/h6-13H,4-5H2,1-3H3,(H,22,24)(H,23,25)/b21-13-. The summed E-state index contributed by atoms with van der Waals surface area (Å²) in [5.74, 6) is 0.702. The highest BCUT2D eigenvalue weighted by atomic mass is 16.5. The molecule has 142 valence electrons. The number of benzene rings is 2. The Kier molecular flexibility index (Phi) is 7.37. The number of anilines is 1. The van der Waals surface area contributed by atoms with Gasteiger partial charge in [0.05, 0.1) is 19.4 Å². The van der Waals surface area contributed by atoms with Gasteiger partial charge in [-0.25, -0.2) is 5.43 Å². The number of hydrazone groups is 1. The van der Waals surface area contributed by atoms with E-state index in [0.29, 0.717) is 36.0 Å². The summed E-state index contributed by atoms with van der Waals surface area (Å²) in [4.78, 5) is 23.3. The minimum absolute atomic E-state index is 0.203. The SMILES string of the molecule is CCOc1ccc(/C=N\NC(=O)c2cccc(NC(C)=O)c2)cc1OCC. The Bertz CT molecular complexity index is 834. The van der Waals surface area contributed by atoms with Gasteiger partial charge in [-0.1, -0.05) is 6.07 Å². The Balaban J connectivity index is 2.05. The number of hydrogen-bond acceptors (Lipinski definition) is 5. The number of nitrogens with one attached hydrogen (secondary N) is 2. The molecular weight excluding hydrogens is 346 g/mol. The van der Waals surface area contributed by atoms with Crippen molar-refractivity contribution in [3.05, 3.63) is 53.6 Å². The molecule has 27 heavy (non-hydrogen) atoms. The monoisotopic (exact) mass is 369 g/mol. The van der Waals surface area contributed by atoms with E-state index in [4.69, 9.17) is 9.47 Å². The van der Waals surface area contributed by atoms with Crippen LogP contribution in [0, 0.1) is 0 Å². The predicted octanol–water partition coefficient (Wildman–Crippen LogP) is 3.21. The fraction of sp³-hybridized carbons (Fsp3) is 0.250. The number of carbonyl (C=O) groups is 2. The van der Waals surface area contributed by atoms with Gasteiger partial charge in [-0.05, 0) is 55.8 Å². The molecule has 0 atom stereocenters. The molecule has 7 nitrogen and oxygen atoms in total. The van der Waals surface area contributed by atoms with E-state index in [1.165, 1.54) is 13.1 Å². The van der Waals surface area contributed by atoms with Crippen LogP contribution in [0.4, 0.5) is 5.69 Å². The molecule has 0 bridgehead atoms. The molecule has 2 amide bonds. The second-order valence-electron chi connectivity index (χ2n) is 5.53. The third-order valence-corrected chi connectivity index (χ3v) is 3.39. The molecule has 0 radical (unpaired) electrons. The molecule has 0 aromatic heterocycles. The second-order valence-corrected chi connectivity index (χ2v) is 5.53. The smallest absolute Gasteiger partial charge is 0.271 e. The van der Waals surface area contributed by atoms with E-state index in [2.05, 4.69) is 15.8 Å². The van der Waals surface area contributed by atoms with E-state index in [1.807, 2.05) is 19.9 Å². The molecule has 7 heteroatoms. The van der Waals surface area contributed by atoms with Gasteiger partial charge >= 0.3 is 0 Å². The topological polar surface area (TPSA) is 89.0 Å². The summed E-state index contributed by atoms with van der Waals surface area (Å²) in [6.45, 7) is 6.26. The number of amides is 2. The molecule has 0 aliphatic rings. The van der Waals surface area contributed by atoms with Crippen LogP contribution in [0.5, 0.6) is 11.5 Å². The molecule has 0 aliphatic heterocycles. The zero-order chi connectivity index (χ0) is 19.6. The summed E-state index contributed by atoms with van der Waals surface area (Å²) in [6.07, 6.45) is 1.52. The highest BCUT2D eigenvalue weighted by Crippen LogP contribution is 2.27. The van der Waals surface area contributed by atoms with E-state index >= 15 is 0 Å². The Morgan fingerprint density at radius 1 is 1.04 bits per heavy atom. The molecule has 0 unspecified atom stereocenters. The van der Waals surface area contributed by atoms with Crippen molar-refractivity contribution < 1.29 is 19.1 Å². The lowest BCUT2D eigenvalue weighted by molar-refractivity contribution is -0.114. The van der Waals surface area contributed by atoms with Crippen molar-refractivity contribution in [1.82, 2.24) is 5.43 Å². The highest BCUT2D eigenvalue weighted by molar-refractivity contribution is 5.97. The van der Waals surface area contributed by atoms with E-state index in [-0.39, 0.29) is 11.8 Å². The van der Waals surface area contributed by atoms with Crippen molar-refractivity contribution in [1.29, 1.82) is 0 Å². The van der Waals surface area contributed by atoms with Crippen LogP contribution >= 0.6 is 0 Å². The van der Waals surface area contributed by atoms with Gasteiger partial charge in [-0.2, -0.15) is 5.10 Å². The molecule has 0 fully saturated rings. The number of ether oxygens (including phenoxy) is 2. The molecule has 0 heterocycles. The Morgan fingerprint density at radius 3 is 2.48 bits per heavy atom. The molecule has 0 saturated heterocycles. The van der Waals surface area contributed by atoms with Crippen molar-refractivity contribution in [2.45, 2.75) is 20.8 Å². The minimum atomic E-state index is -0.380. The molecule has 0 spiro atoms. The normalized spacial score (nSPS) is 10.5. The Labute approximate surface area is 158 Å². The lowest BCUT2D eigenvalue weighted by Gasteiger charge is -2.11. The first-order valence-corrected chi connectivity index (χ1v) is 8.64. The maximum atomic E-state index is 12.2. The summed E-state index contributed by atoms with van der Waals surface area (Å²) in [7, 11) is 0. The van der Waals surface area contributed by atoms with Crippen LogP contribution in [0.2, 0.25) is 0 Å². The maximum Gasteiger partial charge on any atom is 0.271 e. The Morgan fingerprint density at radius 2 is 1.78 bits per heavy atom. The van der Waals surface area contributed by atoms with E-state index in [9.17, 15) is 9.59 Å². The summed E-state index contributed by atoms with van der Waals surface area (Å²) < 4.78 is 11.1. The van der Waals surface area contributed by atoms with Gasteiger partial charge in [0.1, 0.15) is 0 Å². The third-order valence-electron chi connectivity index (χ3n) is 3.39. The second kappa shape index (κ2) is 9.96. The fourth-order valence-corrected chi connectivity index (χ4v) is 2.32. The van der Waals surface area contributed by atoms with Gasteiger partial charge in [0.2, 0.25) is 5.91 Å². The lowest BCUT2D eigenvalue weighted by atomic mass is 10.2. The zero-order valence-electron chi connectivity index (χ0n) is 15.6. The molecule has 2 aromatic rings. The van der Waals surface area contributed by atoms with Crippen LogP contribution in [0.3, 0.4) is 0 Å². The number of nitrogens with zero attached hydrogens (tertiary/aromatic N) is 1. The third kappa shape index (κ3) is 6.14. The van der Waals surface area contributed by atoms with E-state index in [0.717, 1.165) is 5.56 Å². The molecule has 2 N–H and O–H groups in total. The van der Waals surface area contributed by atoms with Gasteiger partial charge in [0, 0.05) is 18.2 Å². The quantitative estimate of drug-likeness (QED) is 0.552. The number of rotatable bonds is 8. The molecular formula is C20H23N3O4. The fourth-order valence-electron chi connectivity index (χ4n) is 2.32. The number of hydrogen-bond donors (Lipinski definition) is 2. The van der Waals surface area contributed by atoms with Crippen molar-refractivity contribution in [3.8, 4) is 11.5 Å². The van der Waals surface area contributed by atoms with E-state index < -0.39 is 0 Å². The maximum absolute atomic E-state index is 12.2. The van der Waals surface area contributed by atoms with Crippen LogP contribution in [0.25, 0.3) is 0 Å². The zero-order valence-corrected chi connectivity index (χ0v) is 15.6. The van der Waals surface area contributed by atoms with Crippen LogP contribution in [-0.2, 0) is 4.79 Å².